The molecule has 82 valence electrons. The molecule has 0 bridgehead atoms. The van der Waals surface area contributed by atoms with Crippen LogP contribution < -0.4 is 5.32 Å². The lowest BCUT2D eigenvalue weighted by atomic mass is 10.2. The maximum Gasteiger partial charge on any atom is 0.331 e. The monoisotopic (exact) mass is 217 g/mol. The Bertz CT molecular complexity index is 193. The van der Waals surface area contributed by atoms with Gasteiger partial charge in [0.25, 0.3) is 0 Å². The molecule has 0 heterocycles. The fraction of sp³-hybridized carbons (Fsp3) is 0.700. The summed E-state index contributed by atoms with van der Waals surface area (Å²) in [5.74, 6) is 0.342. The van der Waals surface area contributed by atoms with E-state index in [1.54, 1.807) is 6.08 Å². The van der Waals surface area contributed by atoms with Crippen LogP contribution in [0.15, 0.2) is 11.6 Å². The molecular formula is C10H19NO2S. The number of hydrogen-bond donors (Lipinski definition) is 2. The average molecular weight is 217 g/mol. The van der Waals surface area contributed by atoms with E-state index >= 15 is 0 Å². The second-order valence-electron chi connectivity index (χ2n) is 2.94. The van der Waals surface area contributed by atoms with Gasteiger partial charge in [0, 0.05) is 12.1 Å². The van der Waals surface area contributed by atoms with Crippen molar-refractivity contribution in [1.29, 1.82) is 0 Å². The number of carbonyl (C=O) groups is 1. The van der Waals surface area contributed by atoms with Crippen LogP contribution in [0.2, 0.25) is 0 Å². The summed E-state index contributed by atoms with van der Waals surface area (Å²) in [6.07, 6.45) is 5.55. The highest BCUT2D eigenvalue weighted by Crippen LogP contribution is 1.99. The fourth-order valence-corrected chi connectivity index (χ4v) is 1.45. The highest BCUT2D eigenvalue weighted by atomic mass is 32.2. The maximum absolute atomic E-state index is 10.6. The van der Waals surface area contributed by atoms with Crippen molar-refractivity contribution in [3.05, 3.63) is 11.6 Å². The maximum atomic E-state index is 10.6. The van der Waals surface area contributed by atoms with E-state index in [0.29, 0.717) is 18.5 Å². The first kappa shape index (κ1) is 13.5. The van der Waals surface area contributed by atoms with Crippen molar-refractivity contribution in [2.75, 3.05) is 25.1 Å². The van der Waals surface area contributed by atoms with Crippen molar-refractivity contribution in [2.45, 2.75) is 19.8 Å². The van der Waals surface area contributed by atoms with Gasteiger partial charge in [0.2, 0.25) is 0 Å². The third-order valence-corrected chi connectivity index (χ3v) is 2.55. The zero-order valence-electron chi connectivity index (χ0n) is 8.88. The van der Waals surface area contributed by atoms with E-state index in [0.717, 1.165) is 18.7 Å². The van der Waals surface area contributed by atoms with Gasteiger partial charge in [0.15, 0.2) is 0 Å². The topological polar surface area (TPSA) is 49.3 Å². The Kier molecular flexibility index (Phi) is 8.78. The molecule has 0 radical (unpaired) electrons. The van der Waals surface area contributed by atoms with Crippen molar-refractivity contribution < 1.29 is 9.90 Å². The lowest BCUT2D eigenvalue weighted by Crippen LogP contribution is -2.16. The molecule has 4 heteroatoms. The number of carboxylic acids is 1. The van der Waals surface area contributed by atoms with Crippen LogP contribution in [-0.2, 0) is 4.79 Å². The predicted octanol–water partition coefficient (Wildman–Crippen LogP) is 1.75. The van der Waals surface area contributed by atoms with Crippen LogP contribution in [0.25, 0.3) is 0 Å². The van der Waals surface area contributed by atoms with Crippen LogP contribution in [0.1, 0.15) is 19.8 Å². The van der Waals surface area contributed by atoms with Gasteiger partial charge in [-0.3, -0.25) is 0 Å². The third-order valence-electron chi connectivity index (χ3n) is 1.85. The first-order chi connectivity index (χ1) is 6.72. The summed E-state index contributed by atoms with van der Waals surface area (Å²) in [4.78, 5) is 10.6. The molecule has 0 saturated carbocycles. The Morgan fingerprint density at radius 1 is 1.57 bits per heavy atom. The van der Waals surface area contributed by atoms with Crippen LogP contribution in [-0.4, -0.2) is 36.2 Å². The molecule has 0 spiro atoms. The number of thioether (sulfide) groups is 1. The molecule has 14 heavy (non-hydrogen) atoms. The van der Waals surface area contributed by atoms with Gasteiger partial charge in [-0.1, -0.05) is 13.0 Å². The van der Waals surface area contributed by atoms with E-state index < -0.39 is 5.97 Å². The van der Waals surface area contributed by atoms with Crippen LogP contribution in [0.3, 0.4) is 0 Å². The number of nitrogens with one attached hydrogen (secondary N) is 1. The molecule has 0 aromatic heterocycles. The molecule has 3 nitrogen and oxygen atoms in total. The van der Waals surface area contributed by atoms with Crippen molar-refractivity contribution >= 4 is 17.7 Å². The summed E-state index contributed by atoms with van der Waals surface area (Å²) in [5.41, 5.74) is 0.488. The van der Waals surface area contributed by atoms with Gasteiger partial charge >= 0.3 is 5.97 Å². The minimum absolute atomic E-state index is 0.488. The predicted molar refractivity (Wildman–Crippen MR) is 61.9 cm³/mol. The standard InChI is InChI=1S/C10H19NO2S/c1-3-9(10(12)13)5-7-11-6-4-8-14-2/h5,11H,3-4,6-8H2,1-2H3,(H,12,13). The van der Waals surface area contributed by atoms with Crippen molar-refractivity contribution in [3.63, 3.8) is 0 Å². The molecule has 0 fully saturated rings. The van der Waals surface area contributed by atoms with Gasteiger partial charge in [-0.25, -0.2) is 4.79 Å². The van der Waals surface area contributed by atoms with E-state index in [4.69, 9.17) is 5.11 Å². The Labute approximate surface area is 90.0 Å². The Hall–Kier alpha value is -0.480. The van der Waals surface area contributed by atoms with Gasteiger partial charge in [0.05, 0.1) is 0 Å². The molecule has 0 unspecified atom stereocenters. The summed E-state index contributed by atoms with van der Waals surface area (Å²) < 4.78 is 0. The third kappa shape index (κ3) is 6.97. The number of rotatable bonds is 8. The zero-order valence-corrected chi connectivity index (χ0v) is 9.69. The fourth-order valence-electron chi connectivity index (χ4n) is 1.02. The van der Waals surface area contributed by atoms with Crippen LogP contribution in [0.5, 0.6) is 0 Å². The summed E-state index contributed by atoms with van der Waals surface area (Å²) >= 11 is 1.83. The molecule has 0 aromatic carbocycles. The minimum Gasteiger partial charge on any atom is -0.478 e. The molecule has 2 N–H and O–H groups in total. The second-order valence-corrected chi connectivity index (χ2v) is 3.92. The summed E-state index contributed by atoms with van der Waals surface area (Å²) in [7, 11) is 0. The SMILES string of the molecule is CCC(=CCNCCCSC)C(=O)O. The van der Waals surface area contributed by atoms with Gasteiger partial charge < -0.3 is 10.4 Å². The lowest BCUT2D eigenvalue weighted by Gasteiger charge is -2.01. The van der Waals surface area contributed by atoms with Crippen molar-refractivity contribution in [3.8, 4) is 0 Å². The molecule has 0 saturated heterocycles. The minimum atomic E-state index is -0.807. The molecule has 0 aliphatic heterocycles. The van der Waals surface area contributed by atoms with Gasteiger partial charge in [0.1, 0.15) is 0 Å². The highest BCUT2D eigenvalue weighted by Gasteiger charge is 2.01. The number of hydrogen-bond acceptors (Lipinski definition) is 3. The first-order valence-electron chi connectivity index (χ1n) is 4.84. The summed E-state index contributed by atoms with van der Waals surface area (Å²) in [5, 5.41) is 11.9. The highest BCUT2D eigenvalue weighted by molar-refractivity contribution is 7.98. The average Bonchev–Trinajstić information content (AvgIpc) is 2.16. The zero-order chi connectivity index (χ0) is 10.8. The molecular weight excluding hydrogens is 198 g/mol. The Balaban J connectivity index is 3.53. The van der Waals surface area contributed by atoms with Gasteiger partial charge in [-0.05, 0) is 31.4 Å². The summed E-state index contributed by atoms with van der Waals surface area (Å²) in [6, 6.07) is 0. The Morgan fingerprint density at radius 3 is 2.79 bits per heavy atom. The molecule has 0 aliphatic carbocycles. The molecule has 0 aromatic rings. The molecule has 0 rings (SSSR count). The van der Waals surface area contributed by atoms with E-state index in [1.807, 2.05) is 18.7 Å². The molecule has 0 atom stereocenters. The lowest BCUT2D eigenvalue weighted by molar-refractivity contribution is -0.132. The van der Waals surface area contributed by atoms with Crippen molar-refractivity contribution in [2.24, 2.45) is 0 Å². The second kappa shape index (κ2) is 9.09. The Morgan fingerprint density at radius 2 is 2.29 bits per heavy atom. The number of carboxylic acid groups (broad SMARTS) is 1. The molecule has 0 aliphatic rings. The van der Waals surface area contributed by atoms with E-state index in [9.17, 15) is 4.79 Å². The van der Waals surface area contributed by atoms with E-state index in [2.05, 4.69) is 11.6 Å². The van der Waals surface area contributed by atoms with Gasteiger partial charge in [-0.2, -0.15) is 11.8 Å². The number of aliphatic carboxylic acids is 1. The van der Waals surface area contributed by atoms with Crippen LogP contribution in [0.4, 0.5) is 0 Å². The first-order valence-corrected chi connectivity index (χ1v) is 6.23. The quantitative estimate of drug-likeness (QED) is 0.480. The molecule has 0 amide bonds. The van der Waals surface area contributed by atoms with Crippen LogP contribution >= 0.6 is 11.8 Å². The largest absolute Gasteiger partial charge is 0.478 e. The normalized spacial score (nSPS) is 11.7. The summed E-state index contributed by atoms with van der Waals surface area (Å²) in [6.45, 7) is 3.46. The van der Waals surface area contributed by atoms with Crippen molar-refractivity contribution in [1.82, 2.24) is 5.32 Å². The smallest absolute Gasteiger partial charge is 0.331 e. The van der Waals surface area contributed by atoms with E-state index in [1.165, 1.54) is 0 Å². The van der Waals surface area contributed by atoms with Crippen LogP contribution in [0, 0.1) is 0 Å². The van der Waals surface area contributed by atoms with Gasteiger partial charge in [-0.15, -0.1) is 0 Å². The van der Waals surface area contributed by atoms with E-state index in [-0.39, 0.29) is 0 Å².